The monoisotopic (exact) mass is 434 g/mol. The van der Waals surface area contributed by atoms with Gasteiger partial charge in [-0.1, -0.05) is 30.3 Å². The molecule has 3 aromatic heterocycles. The number of nitrogens with zero attached hydrogens (tertiary/aromatic N) is 4. The van der Waals surface area contributed by atoms with Gasteiger partial charge in [-0.15, -0.1) is 0 Å². The molecule has 6 nitrogen and oxygen atoms in total. The number of hydrogen-bond acceptors (Lipinski definition) is 4. The standard InChI is InChI=1S/C23H17F3N6/c24-23(25,26)14-5-3-4-13(10-14)20-18-16(15-6-1-2-7-17(15)31-18)8-9-32(20)22-19-21(28-11-27-19)29-12-30-22/h1-7,10-12,20,31H,8-9H2,(H,27,28,29,30). The first kappa shape index (κ1) is 18.9. The van der Waals surface area contributed by atoms with E-state index in [4.69, 9.17) is 0 Å². The van der Waals surface area contributed by atoms with Crippen LogP contribution in [0, 0.1) is 0 Å². The molecule has 4 heterocycles. The molecule has 0 aliphatic carbocycles. The van der Waals surface area contributed by atoms with Crippen molar-refractivity contribution in [3.05, 3.63) is 83.6 Å². The minimum atomic E-state index is -4.43. The topological polar surface area (TPSA) is 73.5 Å². The maximum Gasteiger partial charge on any atom is 0.416 e. The molecule has 5 aromatic rings. The van der Waals surface area contributed by atoms with E-state index in [9.17, 15) is 13.2 Å². The van der Waals surface area contributed by atoms with Crippen LogP contribution in [0.15, 0.2) is 61.2 Å². The smallest absolute Gasteiger partial charge is 0.356 e. The molecule has 1 aliphatic rings. The van der Waals surface area contributed by atoms with Crippen LogP contribution in [0.5, 0.6) is 0 Å². The molecular formula is C23H17F3N6. The molecular weight excluding hydrogens is 417 g/mol. The van der Waals surface area contributed by atoms with Gasteiger partial charge in [-0.3, -0.25) is 0 Å². The number of halogens is 3. The van der Waals surface area contributed by atoms with Gasteiger partial charge in [0.2, 0.25) is 0 Å². The second-order valence-electron chi connectivity index (χ2n) is 7.83. The van der Waals surface area contributed by atoms with E-state index in [0.717, 1.165) is 34.6 Å². The molecule has 0 spiro atoms. The number of anilines is 1. The van der Waals surface area contributed by atoms with Crippen LogP contribution in [0.1, 0.15) is 28.4 Å². The second kappa shape index (κ2) is 6.81. The molecule has 6 rings (SSSR count). The fourth-order valence-corrected chi connectivity index (χ4v) is 4.67. The van der Waals surface area contributed by atoms with Crippen molar-refractivity contribution in [2.45, 2.75) is 18.6 Å². The summed E-state index contributed by atoms with van der Waals surface area (Å²) >= 11 is 0. The van der Waals surface area contributed by atoms with Crippen molar-refractivity contribution in [1.82, 2.24) is 24.9 Å². The molecule has 1 unspecified atom stereocenters. The number of para-hydroxylation sites is 1. The van der Waals surface area contributed by atoms with Crippen molar-refractivity contribution in [2.75, 3.05) is 11.4 Å². The van der Waals surface area contributed by atoms with Crippen LogP contribution >= 0.6 is 0 Å². The Labute approximate surface area is 180 Å². The number of H-pyrrole nitrogens is 2. The highest BCUT2D eigenvalue weighted by Crippen LogP contribution is 2.42. The number of aromatic amines is 2. The van der Waals surface area contributed by atoms with Crippen LogP contribution in [0.2, 0.25) is 0 Å². The van der Waals surface area contributed by atoms with Crippen molar-refractivity contribution in [3.8, 4) is 0 Å². The Kier molecular flexibility index (Phi) is 4.01. The largest absolute Gasteiger partial charge is 0.416 e. The Morgan fingerprint density at radius 2 is 1.88 bits per heavy atom. The predicted octanol–water partition coefficient (Wildman–Crippen LogP) is 5.01. The number of hydrogen-bond donors (Lipinski definition) is 2. The van der Waals surface area contributed by atoms with Gasteiger partial charge in [-0.25, -0.2) is 15.0 Å². The molecule has 0 fully saturated rings. The summed E-state index contributed by atoms with van der Waals surface area (Å²) in [5.41, 5.74) is 4.00. The molecule has 160 valence electrons. The van der Waals surface area contributed by atoms with Gasteiger partial charge in [-0.2, -0.15) is 13.2 Å². The predicted molar refractivity (Wildman–Crippen MR) is 114 cm³/mol. The average molecular weight is 434 g/mol. The van der Waals surface area contributed by atoms with Gasteiger partial charge < -0.3 is 14.9 Å². The summed E-state index contributed by atoms with van der Waals surface area (Å²) in [5, 5.41) is 1.09. The van der Waals surface area contributed by atoms with E-state index in [0.29, 0.717) is 29.1 Å². The Balaban J connectivity index is 1.60. The van der Waals surface area contributed by atoms with Crippen LogP contribution in [0.25, 0.3) is 22.1 Å². The zero-order valence-electron chi connectivity index (χ0n) is 16.7. The third-order valence-corrected chi connectivity index (χ3v) is 6.04. The second-order valence-corrected chi connectivity index (χ2v) is 7.83. The lowest BCUT2D eigenvalue weighted by molar-refractivity contribution is -0.137. The third-order valence-electron chi connectivity index (χ3n) is 6.04. The van der Waals surface area contributed by atoms with E-state index in [1.807, 2.05) is 29.2 Å². The molecule has 32 heavy (non-hydrogen) atoms. The Bertz CT molecular complexity index is 1450. The van der Waals surface area contributed by atoms with E-state index in [1.165, 1.54) is 18.5 Å². The van der Waals surface area contributed by atoms with Crippen molar-refractivity contribution in [3.63, 3.8) is 0 Å². The van der Waals surface area contributed by atoms with Gasteiger partial charge in [0.05, 0.1) is 17.9 Å². The first-order chi connectivity index (χ1) is 15.5. The first-order valence-corrected chi connectivity index (χ1v) is 10.2. The minimum absolute atomic E-state index is 0.477. The summed E-state index contributed by atoms with van der Waals surface area (Å²) in [4.78, 5) is 21.4. The van der Waals surface area contributed by atoms with Crippen LogP contribution in [-0.4, -0.2) is 31.5 Å². The highest BCUT2D eigenvalue weighted by molar-refractivity contribution is 5.87. The van der Waals surface area contributed by atoms with Gasteiger partial charge in [0.1, 0.15) is 11.8 Å². The SMILES string of the molecule is FC(F)(F)c1cccc(C2c3[nH]c4ccccc4c3CCN2c2ncnc3nc[nH]c23)c1. The van der Waals surface area contributed by atoms with Crippen LogP contribution in [0.4, 0.5) is 19.0 Å². The maximum atomic E-state index is 13.5. The molecule has 0 saturated heterocycles. The van der Waals surface area contributed by atoms with Crippen molar-refractivity contribution < 1.29 is 13.2 Å². The van der Waals surface area contributed by atoms with Gasteiger partial charge >= 0.3 is 6.18 Å². The maximum absolute atomic E-state index is 13.5. The van der Waals surface area contributed by atoms with Gasteiger partial charge in [0.25, 0.3) is 0 Å². The summed E-state index contributed by atoms with van der Waals surface area (Å²) in [6.45, 7) is 0.584. The fourth-order valence-electron chi connectivity index (χ4n) is 4.67. The number of nitrogens with one attached hydrogen (secondary N) is 2. The number of benzene rings is 2. The Hall–Kier alpha value is -3.88. The zero-order valence-corrected chi connectivity index (χ0v) is 16.7. The number of alkyl halides is 3. The van der Waals surface area contributed by atoms with Gasteiger partial charge in [0.15, 0.2) is 11.5 Å². The zero-order chi connectivity index (χ0) is 21.9. The van der Waals surface area contributed by atoms with Crippen molar-refractivity contribution in [1.29, 1.82) is 0 Å². The first-order valence-electron chi connectivity index (χ1n) is 10.2. The molecule has 0 bridgehead atoms. The molecule has 2 N–H and O–H groups in total. The van der Waals surface area contributed by atoms with E-state index in [-0.39, 0.29) is 0 Å². The Morgan fingerprint density at radius 3 is 2.75 bits per heavy atom. The average Bonchev–Trinajstić information content (AvgIpc) is 3.42. The van der Waals surface area contributed by atoms with E-state index in [2.05, 4.69) is 24.9 Å². The normalized spacial score (nSPS) is 16.6. The van der Waals surface area contributed by atoms with Crippen LogP contribution in [0.3, 0.4) is 0 Å². The molecule has 0 saturated carbocycles. The van der Waals surface area contributed by atoms with E-state index < -0.39 is 17.8 Å². The highest BCUT2D eigenvalue weighted by atomic mass is 19.4. The number of aromatic nitrogens is 5. The number of fused-ring (bicyclic) bond motifs is 4. The van der Waals surface area contributed by atoms with Crippen LogP contribution in [-0.2, 0) is 12.6 Å². The molecule has 1 aliphatic heterocycles. The lowest BCUT2D eigenvalue weighted by atomic mass is 9.91. The highest BCUT2D eigenvalue weighted by Gasteiger charge is 2.36. The molecule has 0 amide bonds. The lowest BCUT2D eigenvalue weighted by Crippen LogP contribution is -2.37. The molecule has 1 atom stereocenters. The fraction of sp³-hybridized carbons (Fsp3) is 0.174. The Morgan fingerprint density at radius 1 is 1.00 bits per heavy atom. The number of rotatable bonds is 2. The minimum Gasteiger partial charge on any atom is -0.356 e. The summed E-state index contributed by atoms with van der Waals surface area (Å²) in [5.74, 6) is 0.610. The third kappa shape index (κ3) is 2.84. The summed E-state index contributed by atoms with van der Waals surface area (Å²) in [7, 11) is 0. The number of imidazole rings is 1. The quantitative estimate of drug-likeness (QED) is 0.410. The summed E-state index contributed by atoms with van der Waals surface area (Å²) in [6.07, 6.45) is -0.721. The molecule has 0 radical (unpaired) electrons. The van der Waals surface area contributed by atoms with E-state index >= 15 is 0 Å². The summed E-state index contributed by atoms with van der Waals surface area (Å²) < 4.78 is 40.6. The van der Waals surface area contributed by atoms with Gasteiger partial charge in [-0.05, 0) is 35.7 Å². The van der Waals surface area contributed by atoms with E-state index in [1.54, 1.807) is 12.4 Å². The van der Waals surface area contributed by atoms with Crippen molar-refractivity contribution in [2.24, 2.45) is 0 Å². The van der Waals surface area contributed by atoms with Gasteiger partial charge in [0, 0.05) is 23.1 Å². The summed E-state index contributed by atoms with van der Waals surface area (Å²) in [6, 6.07) is 13.0. The van der Waals surface area contributed by atoms with Crippen molar-refractivity contribution >= 4 is 27.9 Å². The lowest BCUT2D eigenvalue weighted by Gasteiger charge is -2.37. The molecule has 9 heteroatoms. The van der Waals surface area contributed by atoms with Crippen LogP contribution < -0.4 is 4.90 Å². The molecule has 2 aromatic carbocycles.